The lowest BCUT2D eigenvalue weighted by molar-refractivity contribution is 0.152. The number of hydrogen-bond donors (Lipinski definition) is 1. The lowest BCUT2D eigenvalue weighted by atomic mass is 10.0. The monoisotopic (exact) mass is 221 g/mol. The first-order valence-electron chi connectivity index (χ1n) is 5.60. The maximum absolute atomic E-state index is 11.0. The standard InChI is InChI=1S/C13H19NO2/c1-4-16-13(15)14-8-7-12-6-5-10(2)11(3)9-12/h5-6,9H,4,7-8H2,1-3H3,(H,14,15). The molecule has 0 saturated carbocycles. The summed E-state index contributed by atoms with van der Waals surface area (Å²) in [5.74, 6) is 0. The van der Waals surface area contributed by atoms with Gasteiger partial charge < -0.3 is 10.1 Å². The van der Waals surface area contributed by atoms with Gasteiger partial charge in [-0.2, -0.15) is 0 Å². The van der Waals surface area contributed by atoms with E-state index in [2.05, 4.69) is 37.4 Å². The van der Waals surface area contributed by atoms with Crippen molar-refractivity contribution in [3.05, 3.63) is 34.9 Å². The molecule has 0 bridgehead atoms. The minimum absolute atomic E-state index is 0.341. The summed E-state index contributed by atoms with van der Waals surface area (Å²) >= 11 is 0. The van der Waals surface area contributed by atoms with Gasteiger partial charge >= 0.3 is 6.09 Å². The van der Waals surface area contributed by atoms with Crippen LogP contribution in [0.4, 0.5) is 4.79 Å². The number of benzene rings is 1. The predicted molar refractivity (Wildman–Crippen MR) is 64.6 cm³/mol. The van der Waals surface area contributed by atoms with Gasteiger partial charge in [0.05, 0.1) is 6.61 Å². The summed E-state index contributed by atoms with van der Waals surface area (Å²) < 4.78 is 4.77. The van der Waals surface area contributed by atoms with Crippen molar-refractivity contribution in [1.29, 1.82) is 0 Å². The first kappa shape index (κ1) is 12.6. The van der Waals surface area contributed by atoms with Crippen LogP contribution in [-0.4, -0.2) is 19.2 Å². The first-order valence-corrected chi connectivity index (χ1v) is 5.60. The first-order chi connectivity index (χ1) is 7.63. The van der Waals surface area contributed by atoms with Crippen molar-refractivity contribution in [2.45, 2.75) is 27.2 Å². The van der Waals surface area contributed by atoms with Crippen molar-refractivity contribution in [2.24, 2.45) is 0 Å². The number of alkyl carbamates (subject to hydrolysis) is 1. The summed E-state index contributed by atoms with van der Waals surface area (Å²) in [6.07, 6.45) is 0.492. The Bertz CT molecular complexity index is 361. The van der Waals surface area contributed by atoms with Gasteiger partial charge in [-0.3, -0.25) is 0 Å². The van der Waals surface area contributed by atoms with Crippen LogP contribution in [-0.2, 0) is 11.2 Å². The minimum Gasteiger partial charge on any atom is -0.450 e. The third-order valence-corrected chi connectivity index (χ3v) is 2.53. The number of rotatable bonds is 4. The molecule has 0 aliphatic carbocycles. The Labute approximate surface area is 96.8 Å². The number of amides is 1. The van der Waals surface area contributed by atoms with Crippen molar-refractivity contribution in [3.63, 3.8) is 0 Å². The third-order valence-electron chi connectivity index (χ3n) is 2.53. The van der Waals surface area contributed by atoms with Crippen molar-refractivity contribution in [1.82, 2.24) is 5.32 Å². The molecule has 0 radical (unpaired) electrons. The van der Waals surface area contributed by atoms with E-state index in [-0.39, 0.29) is 6.09 Å². The molecule has 0 aliphatic rings. The fraction of sp³-hybridized carbons (Fsp3) is 0.462. The minimum atomic E-state index is -0.341. The van der Waals surface area contributed by atoms with Crippen LogP contribution in [0.25, 0.3) is 0 Å². The Morgan fingerprint density at radius 1 is 1.31 bits per heavy atom. The number of aryl methyl sites for hydroxylation is 2. The Balaban J connectivity index is 2.37. The van der Waals surface area contributed by atoms with Crippen LogP contribution in [0.15, 0.2) is 18.2 Å². The molecule has 0 aliphatic heterocycles. The second kappa shape index (κ2) is 6.16. The lowest BCUT2D eigenvalue weighted by Gasteiger charge is -2.07. The highest BCUT2D eigenvalue weighted by atomic mass is 16.5. The molecular weight excluding hydrogens is 202 g/mol. The van der Waals surface area contributed by atoms with Crippen molar-refractivity contribution >= 4 is 6.09 Å². The van der Waals surface area contributed by atoms with Crippen LogP contribution in [0.1, 0.15) is 23.6 Å². The Morgan fingerprint density at radius 3 is 2.69 bits per heavy atom. The lowest BCUT2D eigenvalue weighted by Crippen LogP contribution is -2.26. The van der Waals surface area contributed by atoms with E-state index in [1.807, 2.05) is 0 Å². The second-order valence-corrected chi connectivity index (χ2v) is 3.82. The predicted octanol–water partition coefficient (Wildman–Crippen LogP) is 2.59. The summed E-state index contributed by atoms with van der Waals surface area (Å²) in [5, 5.41) is 2.70. The fourth-order valence-corrected chi connectivity index (χ4v) is 1.45. The van der Waals surface area contributed by atoms with Crippen molar-refractivity contribution in [2.75, 3.05) is 13.2 Å². The van der Waals surface area contributed by atoms with Crippen LogP contribution in [0.3, 0.4) is 0 Å². The summed E-state index contributed by atoms with van der Waals surface area (Å²) in [4.78, 5) is 11.0. The Hall–Kier alpha value is -1.51. The molecule has 3 heteroatoms. The van der Waals surface area contributed by atoms with E-state index in [0.29, 0.717) is 13.2 Å². The van der Waals surface area contributed by atoms with Crippen LogP contribution >= 0.6 is 0 Å². The van der Waals surface area contributed by atoms with Crippen LogP contribution in [0, 0.1) is 13.8 Å². The van der Waals surface area contributed by atoms with Gasteiger partial charge in [-0.1, -0.05) is 18.2 Å². The molecule has 0 atom stereocenters. The molecule has 0 unspecified atom stereocenters. The van der Waals surface area contributed by atoms with Gasteiger partial charge in [-0.05, 0) is 43.9 Å². The van der Waals surface area contributed by atoms with Crippen LogP contribution < -0.4 is 5.32 Å². The van der Waals surface area contributed by atoms with E-state index in [0.717, 1.165) is 6.42 Å². The molecule has 3 nitrogen and oxygen atoms in total. The highest BCUT2D eigenvalue weighted by Crippen LogP contribution is 2.09. The SMILES string of the molecule is CCOC(=O)NCCc1ccc(C)c(C)c1. The molecule has 88 valence electrons. The molecule has 1 aromatic carbocycles. The quantitative estimate of drug-likeness (QED) is 0.848. The molecule has 0 heterocycles. The Kier molecular flexibility index (Phi) is 4.83. The highest BCUT2D eigenvalue weighted by Gasteiger charge is 2.00. The molecule has 1 N–H and O–H groups in total. The average molecular weight is 221 g/mol. The number of carbonyl (C=O) groups excluding carboxylic acids is 1. The highest BCUT2D eigenvalue weighted by molar-refractivity contribution is 5.67. The third kappa shape index (κ3) is 3.93. The van der Waals surface area contributed by atoms with E-state index in [4.69, 9.17) is 4.74 Å². The average Bonchev–Trinajstić information content (AvgIpc) is 2.24. The van der Waals surface area contributed by atoms with Gasteiger partial charge in [0.2, 0.25) is 0 Å². The van der Waals surface area contributed by atoms with Crippen molar-refractivity contribution < 1.29 is 9.53 Å². The smallest absolute Gasteiger partial charge is 0.407 e. The molecule has 0 fully saturated rings. The van der Waals surface area contributed by atoms with Gasteiger partial charge in [0.25, 0.3) is 0 Å². The molecule has 0 saturated heterocycles. The topological polar surface area (TPSA) is 38.3 Å². The van der Waals surface area contributed by atoms with Gasteiger partial charge in [0.1, 0.15) is 0 Å². The molecule has 1 aromatic rings. The van der Waals surface area contributed by atoms with E-state index >= 15 is 0 Å². The van der Waals surface area contributed by atoms with E-state index in [1.54, 1.807) is 6.92 Å². The number of ether oxygens (including phenoxy) is 1. The number of hydrogen-bond acceptors (Lipinski definition) is 2. The van der Waals surface area contributed by atoms with Gasteiger partial charge in [-0.15, -0.1) is 0 Å². The van der Waals surface area contributed by atoms with Crippen LogP contribution in [0.2, 0.25) is 0 Å². The second-order valence-electron chi connectivity index (χ2n) is 3.82. The number of nitrogens with one attached hydrogen (secondary N) is 1. The molecule has 1 amide bonds. The summed E-state index contributed by atoms with van der Waals surface area (Å²) in [7, 11) is 0. The largest absolute Gasteiger partial charge is 0.450 e. The maximum atomic E-state index is 11.0. The summed E-state index contributed by atoms with van der Waals surface area (Å²) in [5.41, 5.74) is 3.82. The number of carbonyl (C=O) groups is 1. The maximum Gasteiger partial charge on any atom is 0.407 e. The zero-order valence-corrected chi connectivity index (χ0v) is 10.2. The fourth-order valence-electron chi connectivity index (χ4n) is 1.45. The zero-order chi connectivity index (χ0) is 12.0. The zero-order valence-electron chi connectivity index (χ0n) is 10.2. The Morgan fingerprint density at radius 2 is 2.06 bits per heavy atom. The molecule has 1 rings (SSSR count). The van der Waals surface area contributed by atoms with Gasteiger partial charge in [-0.25, -0.2) is 4.79 Å². The van der Waals surface area contributed by atoms with Gasteiger partial charge in [0, 0.05) is 6.54 Å². The molecule has 16 heavy (non-hydrogen) atoms. The van der Waals surface area contributed by atoms with Crippen molar-refractivity contribution in [3.8, 4) is 0 Å². The molecule has 0 aromatic heterocycles. The normalized spacial score (nSPS) is 9.94. The summed E-state index contributed by atoms with van der Waals surface area (Å²) in [6, 6.07) is 6.35. The van der Waals surface area contributed by atoms with Gasteiger partial charge in [0.15, 0.2) is 0 Å². The summed E-state index contributed by atoms with van der Waals surface area (Å²) in [6.45, 7) is 7.01. The molecule has 0 spiro atoms. The molecular formula is C13H19NO2. The van der Waals surface area contributed by atoms with Crippen LogP contribution in [0.5, 0.6) is 0 Å². The van der Waals surface area contributed by atoms with E-state index < -0.39 is 0 Å². The van der Waals surface area contributed by atoms with E-state index in [1.165, 1.54) is 16.7 Å². The van der Waals surface area contributed by atoms with E-state index in [9.17, 15) is 4.79 Å².